The first kappa shape index (κ1) is 24.6. The van der Waals surface area contributed by atoms with Crippen LogP contribution in [0.2, 0.25) is 0 Å². The number of benzene rings is 2. The Morgan fingerprint density at radius 3 is 2.18 bits per heavy atom. The molecule has 0 heterocycles. The Morgan fingerprint density at radius 1 is 0.882 bits per heavy atom. The minimum Gasteiger partial charge on any atom is -0.494 e. The van der Waals surface area contributed by atoms with Gasteiger partial charge < -0.3 is 9.47 Å². The summed E-state index contributed by atoms with van der Waals surface area (Å²) in [6, 6.07) is 7.89. The van der Waals surface area contributed by atoms with E-state index in [0.29, 0.717) is 24.3 Å². The van der Waals surface area contributed by atoms with Crippen LogP contribution in [0.1, 0.15) is 98.0 Å². The molecule has 0 radical (unpaired) electrons. The molecule has 0 atom stereocenters. The van der Waals surface area contributed by atoms with Crippen LogP contribution in [0.4, 0.5) is 13.2 Å². The number of carbonyl (C=O) groups is 1. The summed E-state index contributed by atoms with van der Waals surface area (Å²) in [5, 5.41) is 0. The molecule has 6 heteroatoms. The van der Waals surface area contributed by atoms with Gasteiger partial charge in [-0.3, -0.25) is 0 Å². The van der Waals surface area contributed by atoms with Crippen molar-refractivity contribution in [2.24, 2.45) is 5.92 Å². The van der Waals surface area contributed by atoms with E-state index in [-0.39, 0.29) is 29.3 Å². The monoisotopic (exact) mass is 474 g/mol. The molecule has 0 aromatic heterocycles. The van der Waals surface area contributed by atoms with Gasteiger partial charge in [0.2, 0.25) is 0 Å². The van der Waals surface area contributed by atoms with Gasteiger partial charge in [0.05, 0.1) is 12.7 Å². The van der Waals surface area contributed by atoms with Crippen molar-refractivity contribution in [2.45, 2.75) is 82.7 Å². The van der Waals surface area contributed by atoms with Crippen molar-refractivity contribution in [1.82, 2.24) is 0 Å². The van der Waals surface area contributed by atoms with Gasteiger partial charge in [-0.25, -0.2) is 18.0 Å². The predicted octanol–water partition coefficient (Wildman–Crippen LogP) is 7.68. The molecule has 0 spiro atoms. The SMILES string of the molecule is CCC1CCC(c2ccc(C(=O)OC3CCC(c4ccc(OC)c(F)c4)CC3)c(F)c2F)CC1. The fraction of sp³-hybridized carbons (Fsp3) is 0.536. The zero-order chi connectivity index (χ0) is 24.2. The molecule has 2 aromatic carbocycles. The molecule has 0 saturated heterocycles. The van der Waals surface area contributed by atoms with Crippen molar-refractivity contribution >= 4 is 5.97 Å². The second-order valence-corrected chi connectivity index (χ2v) is 9.73. The Hall–Kier alpha value is -2.50. The summed E-state index contributed by atoms with van der Waals surface area (Å²) >= 11 is 0. The molecule has 4 rings (SSSR count). The minimum atomic E-state index is -1.11. The summed E-state index contributed by atoms with van der Waals surface area (Å²) in [5.74, 6) is -2.21. The average molecular weight is 475 g/mol. The van der Waals surface area contributed by atoms with E-state index in [1.807, 2.05) is 6.07 Å². The first-order chi connectivity index (χ1) is 16.4. The highest BCUT2D eigenvalue weighted by Gasteiger charge is 2.30. The Balaban J connectivity index is 1.35. The van der Waals surface area contributed by atoms with E-state index in [9.17, 15) is 18.0 Å². The summed E-state index contributed by atoms with van der Waals surface area (Å²) in [5.41, 5.74) is 0.915. The summed E-state index contributed by atoms with van der Waals surface area (Å²) in [4.78, 5) is 12.6. The van der Waals surface area contributed by atoms with Gasteiger partial charge in [-0.15, -0.1) is 0 Å². The zero-order valence-electron chi connectivity index (χ0n) is 19.9. The molecule has 34 heavy (non-hydrogen) atoms. The minimum absolute atomic E-state index is 0.000407. The van der Waals surface area contributed by atoms with Crippen LogP contribution in [0.25, 0.3) is 0 Å². The van der Waals surface area contributed by atoms with Crippen LogP contribution in [0.3, 0.4) is 0 Å². The Kier molecular flexibility index (Phi) is 7.84. The molecule has 0 N–H and O–H groups in total. The van der Waals surface area contributed by atoms with Crippen molar-refractivity contribution in [3.05, 3.63) is 64.5 Å². The van der Waals surface area contributed by atoms with Gasteiger partial charge in [0.15, 0.2) is 23.2 Å². The number of rotatable bonds is 6. The lowest BCUT2D eigenvalue weighted by Gasteiger charge is -2.29. The van der Waals surface area contributed by atoms with Crippen LogP contribution in [-0.4, -0.2) is 19.2 Å². The van der Waals surface area contributed by atoms with E-state index in [1.54, 1.807) is 12.1 Å². The van der Waals surface area contributed by atoms with Gasteiger partial charge in [-0.2, -0.15) is 0 Å². The Bertz CT molecular complexity index is 1010. The summed E-state index contributed by atoms with van der Waals surface area (Å²) in [7, 11) is 1.43. The van der Waals surface area contributed by atoms with Gasteiger partial charge in [-0.05, 0) is 98.4 Å². The first-order valence-electron chi connectivity index (χ1n) is 12.4. The van der Waals surface area contributed by atoms with Gasteiger partial charge in [-0.1, -0.05) is 25.5 Å². The van der Waals surface area contributed by atoms with E-state index in [0.717, 1.165) is 50.5 Å². The van der Waals surface area contributed by atoms with E-state index in [1.165, 1.54) is 19.2 Å². The van der Waals surface area contributed by atoms with Crippen molar-refractivity contribution in [1.29, 1.82) is 0 Å². The quantitative estimate of drug-likeness (QED) is 0.403. The summed E-state index contributed by atoms with van der Waals surface area (Å²) < 4.78 is 54.2. The maximum atomic E-state index is 14.9. The lowest BCUT2D eigenvalue weighted by molar-refractivity contribution is 0.0189. The van der Waals surface area contributed by atoms with Crippen molar-refractivity contribution in [3.8, 4) is 5.75 Å². The number of methoxy groups -OCH3 is 1. The largest absolute Gasteiger partial charge is 0.494 e. The molecule has 0 amide bonds. The molecule has 0 bridgehead atoms. The number of hydrogen-bond donors (Lipinski definition) is 0. The van der Waals surface area contributed by atoms with Gasteiger partial charge in [0.25, 0.3) is 0 Å². The fourth-order valence-corrected chi connectivity index (χ4v) is 5.58. The molecule has 2 saturated carbocycles. The number of ether oxygens (including phenoxy) is 2. The molecule has 2 aliphatic rings. The van der Waals surface area contributed by atoms with Gasteiger partial charge in [0, 0.05) is 0 Å². The third kappa shape index (κ3) is 5.26. The molecular weight excluding hydrogens is 441 g/mol. The maximum absolute atomic E-state index is 14.9. The number of hydrogen-bond acceptors (Lipinski definition) is 3. The number of carbonyl (C=O) groups excluding carboxylic acids is 1. The molecular formula is C28H33F3O3. The van der Waals surface area contributed by atoms with Gasteiger partial charge >= 0.3 is 5.97 Å². The van der Waals surface area contributed by atoms with E-state index >= 15 is 0 Å². The molecule has 3 nitrogen and oxygen atoms in total. The van der Waals surface area contributed by atoms with Crippen LogP contribution >= 0.6 is 0 Å². The maximum Gasteiger partial charge on any atom is 0.341 e. The van der Waals surface area contributed by atoms with Crippen molar-refractivity contribution in [3.63, 3.8) is 0 Å². The topological polar surface area (TPSA) is 35.5 Å². The Morgan fingerprint density at radius 2 is 1.56 bits per heavy atom. The van der Waals surface area contributed by atoms with E-state index in [2.05, 4.69) is 6.92 Å². The highest BCUT2D eigenvalue weighted by atomic mass is 19.2. The highest BCUT2D eigenvalue weighted by molar-refractivity contribution is 5.90. The first-order valence-corrected chi connectivity index (χ1v) is 12.4. The molecule has 0 aliphatic heterocycles. The zero-order valence-corrected chi connectivity index (χ0v) is 19.9. The molecule has 2 aliphatic carbocycles. The fourth-order valence-electron chi connectivity index (χ4n) is 5.58. The molecule has 2 aromatic rings. The predicted molar refractivity (Wildman–Crippen MR) is 125 cm³/mol. The third-order valence-electron chi connectivity index (χ3n) is 7.79. The van der Waals surface area contributed by atoms with Crippen LogP contribution < -0.4 is 4.74 Å². The van der Waals surface area contributed by atoms with Crippen molar-refractivity contribution < 1.29 is 27.4 Å². The molecule has 184 valence electrons. The smallest absolute Gasteiger partial charge is 0.341 e. The summed E-state index contributed by atoms with van der Waals surface area (Å²) in [6.07, 6.45) is 7.13. The van der Waals surface area contributed by atoms with Gasteiger partial charge in [0.1, 0.15) is 6.10 Å². The number of halogens is 3. The number of esters is 1. The molecule has 2 fully saturated rings. The van der Waals surface area contributed by atoms with Crippen LogP contribution in [-0.2, 0) is 4.74 Å². The van der Waals surface area contributed by atoms with Crippen LogP contribution in [0.5, 0.6) is 5.75 Å². The van der Waals surface area contributed by atoms with Crippen molar-refractivity contribution in [2.75, 3.05) is 7.11 Å². The van der Waals surface area contributed by atoms with Crippen LogP contribution in [0.15, 0.2) is 30.3 Å². The summed E-state index contributed by atoms with van der Waals surface area (Å²) in [6.45, 7) is 2.16. The van der Waals surface area contributed by atoms with Crippen LogP contribution in [0, 0.1) is 23.4 Å². The van der Waals surface area contributed by atoms with E-state index < -0.39 is 23.4 Å². The standard InChI is InChI=1S/C28H33F3O3/c1-3-17-4-6-19(7-5-17)22-13-14-23(27(31)26(22)30)28(32)34-21-11-8-18(9-12-21)20-10-15-25(33-2)24(29)16-20/h10,13-19,21H,3-9,11-12H2,1-2H3. The lowest BCUT2D eigenvalue weighted by Crippen LogP contribution is -2.25. The second kappa shape index (κ2) is 10.8. The normalized spacial score (nSPS) is 25.1. The third-order valence-corrected chi connectivity index (χ3v) is 7.79. The van der Waals surface area contributed by atoms with E-state index in [4.69, 9.17) is 9.47 Å². The molecule has 0 unspecified atom stereocenters. The average Bonchev–Trinajstić information content (AvgIpc) is 2.86. The lowest BCUT2D eigenvalue weighted by atomic mass is 9.77. The highest BCUT2D eigenvalue weighted by Crippen LogP contribution is 2.39. The second-order valence-electron chi connectivity index (χ2n) is 9.73. The Labute approximate surface area is 199 Å².